The Kier molecular flexibility index (Phi) is 8.91. The second-order valence-electron chi connectivity index (χ2n) is 9.03. The summed E-state index contributed by atoms with van der Waals surface area (Å²) in [5, 5.41) is 15.1. The molecule has 1 aromatic heterocycles. The second-order valence-corrected chi connectivity index (χ2v) is 13.3. The summed E-state index contributed by atoms with van der Waals surface area (Å²) in [4.78, 5) is 0. The molecular weight excluding hydrogens is 488 g/mol. The molecule has 0 bridgehead atoms. The van der Waals surface area contributed by atoms with Crippen molar-refractivity contribution in [1.29, 1.82) is 0 Å². The molecule has 0 radical (unpaired) electrons. The molecule has 0 spiro atoms. The van der Waals surface area contributed by atoms with Crippen LogP contribution in [0.3, 0.4) is 0 Å². The number of nitrogens with zero attached hydrogens (tertiary/aromatic N) is 3. The molecule has 0 fully saturated rings. The molecule has 0 aliphatic carbocycles. The van der Waals surface area contributed by atoms with Crippen LogP contribution in [-0.4, -0.2) is 15.0 Å². The molecule has 0 atom stereocenters. The monoisotopic (exact) mass is 521 g/mol. The molecule has 0 saturated heterocycles. The van der Waals surface area contributed by atoms with Gasteiger partial charge in [-0.25, -0.2) is 4.68 Å². The molecule has 0 amide bonds. The van der Waals surface area contributed by atoms with Crippen molar-refractivity contribution >= 4 is 47.9 Å². The number of hydrogen-bond donors (Lipinski definition) is 0. The van der Waals surface area contributed by atoms with Crippen LogP contribution in [0.2, 0.25) is 0 Å². The average molecular weight is 522 g/mol. The topological polar surface area (TPSA) is 30.7 Å². The molecule has 0 aliphatic heterocycles. The van der Waals surface area contributed by atoms with Gasteiger partial charge in [0.05, 0.1) is 5.44 Å². The predicted molar refractivity (Wildman–Crippen MR) is 162 cm³/mol. The van der Waals surface area contributed by atoms with Gasteiger partial charge >= 0.3 is 0 Å². The third kappa shape index (κ3) is 6.07. The number of rotatable bonds is 11. The Bertz CT molecular complexity index is 1280. The zero-order chi connectivity index (χ0) is 25.3. The zero-order valence-electron chi connectivity index (χ0n) is 21.3. The second kappa shape index (κ2) is 12.9. The molecule has 1 heterocycles. The van der Waals surface area contributed by atoms with Gasteiger partial charge in [0.25, 0.3) is 0 Å². The van der Waals surface area contributed by atoms with Crippen LogP contribution in [0, 0.1) is 0 Å². The number of benzene rings is 4. The minimum Gasteiger partial charge on any atom is -0.244 e. The molecule has 0 unspecified atom stereocenters. The molecule has 5 rings (SSSR count). The van der Waals surface area contributed by atoms with Crippen molar-refractivity contribution in [3.63, 3.8) is 0 Å². The lowest BCUT2D eigenvalue weighted by Crippen LogP contribution is -2.38. The maximum atomic E-state index is 5.00. The van der Waals surface area contributed by atoms with Crippen molar-refractivity contribution < 1.29 is 0 Å². The maximum Gasteiger partial charge on any atom is 0.122 e. The van der Waals surface area contributed by atoms with E-state index in [0.717, 1.165) is 18.4 Å². The lowest BCUT2D eigenvalue weighted by molar-refractivity contribution is 0.536. The van der Waals surface area contributed by atoms with Gasteiger partial charge < -0.3 is 0 Å². The van der Waals surface area contributed by atoms with Crippen LogP contribution in [0.25, 0.3) is 0 Å². The van der Waals surface area contributed by atoms with E-state index in [-0.39, 0.29) is 0 Å². The van der Waals surface area contributed by atoms with Crippen molar-refractivity contribution in [2.24, 2.45) is 0 Å². The highest BCUT2D eigenvalue weighted by Gasteiger charge is 2.31. The minimum absolute atomic E-state index is 0.834. The third-order valence-corrected chi connectivity index (χ3v) is 11.4. The Morgan fingerprint density at radius 3 is 1.41 bits per heavy atom. The molecule has 0 aliphatic rings. The summed E-state index contributed by atoms with van der Waals surface area (Å²) in [6, 6.07) is 43.6. The Labute approximate surface area is 223 Å². The Hall–Kier alpha value is -3.12. The molecule has 3 nitrogen and oxygen atoms in total. The van der Waals surface area contributed by atoms with E-state index in [2.05, 4.69) is 133 Å². The first-order valence-corrected chi connectivity index (χ1v) is 15.8. The van der Waals surface area contributed by atoms with Gasteiger partial charge in [0.1, 0.15) is 5.44 Å². The molecule has 0 N–H and O–H groups in total. The normalized spacial score (nSPS) is 11.3. The van der Waals surface area contributed by atoms with Gasteiger partial charge in [0.2, 0.25) is 0 Å². The molecule has 5 heteroatoms. The number of unbranched alkanes of at least 4 members (excludes halogenated alkanes) is 3. The number of aromatic nitrogens is 3. The van der Waals surface area contributed by atoms with Gasteiger partial charge in [-0.15, -0.1) is 5.10 Å². The summed E-state index contributed by atoms with van der Waals surface area (Å²) in [7, 11) is -1.69. The predicted octanol–water partition coefficient (Wildman–Crippen LogP) is 5.37. The molecule has 37 heavy (non-hydrogen) atoms. The van der Waals surface area contributed by atoms with E-state index in [1.807, 2.05) is 0 Å². The molecule has 186 valence electrons. The maximum absolute atomic E-state index is 5.00. The van der Waals surface area contributed by atoms with Crippen molar-refractivity contribution in [1.82, 2.24) is 15.0 Å². The van der Waals surface area contributed by atoms with Gasteiger partial charge in [0.15, 0.2) is 0 Å². The average Bonchev–Trinajstić information content (AvgIpc) is 3.36. The van der Waals surface area contributed by atoms with Gasteiger partial charge in [-0.2, -0.15) is 0 Å². The summed E-state index contributed by atoms with van der Waals surface area (Å²) in [5.74, 6) is 0. The first-order valence-electron chi connectivity index (χ1n) is 13.1. The fraction of sp³-hybridized carbons (Fsp3) is 0.188. The van der Waals surface area contributed by atoms with Crippen molar-refractivity contribution in [3.8, 4) is 0 Å². The highest BCUT2D eigenvalue weighted by atomic mass is 31.1. The van der Waals surface area contributed by atoms with Crippen molar-refractivity contribution in [2.75, 3.05) is 0 Å². The smallest absolute Gasteiger partial charge is 0.122 e. The van der Waals surface area contributed by atoms with Gasteiger partial charge in [-0.1, -0.05) is 153 Å². The molecule has 5 aromatic rings. The standard InChI is InChI=1S/C32H33N3P2/c1-2-3-4-17-26-35-32(37(29-22-13-7-14-23-29)30-24-15-8-16-25-30)31(33-34-35)36(27-18-9-5-10-19-27)28-20-11-6-12-21-28/h5-16,18-25H,2-4,17,26H2,1H3. The van der Waals surface area contributed by atoms with Crippen LogP contribution in [-0.2, 0) is 6.54 Å². The summed E-state index contributed by atoms with van der Waals surface area (Å²) in [6.45, 7) is 3.16. The van der Waals surface area contributed by atoms with E-state index in [9.17, 15) is 0 Å². The van der Waals surface area contributed by atoms with Gasteiger partial charge in [-0.05, 0) is 27.6 Å². The van der Waals surface area contributed by atoms with Crippen LogP contribution in [0.1, 0.15) is 32.6 Å². The Balaban J connectivity index is 1.72. The largest absolute Gasteiger partial charge is 0.244 e. The van der Waals surface area contributed by atoms with E-state index in [4.69, 9.17) is 10.3 Å². The van der Waals surface area contributed by atoms with Crippen LogP contribution in [0.5, 0.6) is 0 Å². The van der Waals surface area contributed by atoms with Crippen LogP contribution >= 0.6 is 15.8 Å². The quantitative estimate of drug-likeness (QED) is 0.173. The molecular formula is C32H33N3P2. The first kappa shape index (κ1) is 25.5. The van der Waals surface area contributed by atoms with E-state index < -0.39 is 15.8 Å². The highest BCUT2D eigenvalue weighted by molar-refractivity contribution is 7.85. The third-order valence-electron chi connectivity index (χ3n) is 6.40. The zero-order valence-corrected chi connectivity index (χ0v) is 23.1. The number of aryl methyl sites for hydroxylation is 1. The summed E-state index contributed by atoms with van der Waals surface area (Å²) in [5.41, 5.74) is 2.41. The SMILES string of the molecule is CCCCCCn1nnc(P(c2ccccc2)c2ccccc2)c1P(c1ccccc1)c1ccccc1. The van der Waals surface area contributed by atoms with Crippen LogP contribution in [0.4, 0.5) is 0 Å². The van der Waals surface area contributed by atoms with Gasteiger partial charge in [0, 0.05) is 22.4 Å². The van der Waals surface area contributed by atoms with Crippen LogP contribution < -0.4 is 32.1 Å². The summed E-state index contributed by atoms with van der Waals surface area (Å²) < 4.78 is 2.23. The fourth-order valence-electron chi connectivity index (χ4n) is 4.59. The minimum atomic E-state index is -0.859. The lowest BCUT2D eigenvalue weighted by atomic mass is 10.2. The number of hydrogen-bond acceptors (Lipinski definition) is 2. The van der Waals surface area contributed by atoms with Crippen molar-refractivity contribution in [2.45, 2.75) is 39.2 Å². The van der Waals surface area contributed by atoms with E-state index in [1.54, 1.807) is 0 Å². The van der Waals surface area contributed by atoms with Gasteiger partial charge in [-0.3, -0.25) is 0 Å². The Morgan fingerprint density at radius 2 is 0.973 bits per heavy atom. The van der Waals surface area contributed by atoms with E-state index in [1.165, 1.54) is 45.9 Å². The Morgan fingerprint density at radius 1 is 0.541 bits per heavy atom. The van der Waals surface area contributed by atoms with Crippen molar-refractivity contribution in [3.05, 3.63) is 121 Å². The highest BCUT2D eigenvalue weighted by Crippen LogP contribution is 2.38. The lowest BCUT2D eigenvalue weighted by Gasteiger charge is -2.24. The van der Waals surface area contributed by atoms with Crippen LogP contribution in [0.15, 0.2) is 121 Å². The summed E-state index contributed by atoms with van der Waals surface area (Å²) in [6.07, 6.45) is 4.81. The fourth-order valence-corrected chi connectivity index (χ4v) is 9.71. The molecule has 0 saturated carbocycles. The van der Waals surface area contributed by atoms with E-state index in [0.29, 0.717) is 0 Å². The molecule has 4 aromatic carbocycles. The van der Waals surface area contributed by atoms with E-state index >= 15 is 0 Å². The summed E-state index contributed by atoms with van der Waals surface area (Å²) >= 11 is 0. The first-order chi connectivity index (χ1) is 18.4.